The van der Waals surface area contributed by atoms with Gasteiger partial charge in [-0.1, -0.05) is 36.4 Å². The van der Waals surface area contributed by atoms with Crippen LogP contribution in [-0.2, 0) is 4.79 Å². The zero-order valence-corrected chi connectivity index (χ0v) is 14.6. The van der Waals surface area contributed by atoms with Crippen molar-refractivity contribution in [2.24, 2.45) is 5.10 Å². The molecule has 8 nitrogen and oxygen atoms in total. The monoisotopic (exact) mass is 377 g/mol. The van der Waals surface area contributed by atoms with E-state index in [2.05, 4.69) is 10.5 Å². The quantitative estimate of drug-likeness (QED) is 0.428. The number of para-hydroxylation sites is 1. The van der Waals surface area contributed by atoms with Crippen LogP contribution >= 0.6 is 0 Å². The molecule has 0 radical (unpaired) electrons. The number of hydrogen-bond donors (Lipinski definition) is 1. The fourth-order valence-corrected chi connectivity index (χ4v) is 2.89. The highest BCUT2D eigenvalue weighted by atomic mass is 16.6. The first-order valence-corrected chi connectivity index (χ1v) is 8.50. The largest absolute Gasteiger partial charge is 0.485 e. The van der Waals surface area contributed by atoms with E-state index in [1.54, 1.807) is 12.1 Å². The van der Waals surface area contributed by atoms with Gasteiger partial charge in [-0.3, -0.25) is 14.9 Å². The molecule has 0 spiro atoms. The molecular weight excluding hydrogens is 362 g/mol. The van der Waals surface area contributed by atoms with Crippen LogP contribution in [0.15, 0.2) is 65.8 Å². The van der Waals surface area contributed by atoms with Crippen molar-refractivity contribution in [3.8, 4) is 11.5 Å². The van der Waals surface area contributed by atoms with Gasteiger partial charge in [-0.25, -0.2) is 5.43 Å². The van der Waals surface area contributed by atoms with Gasteiger partial charge >= 0.3 is 0 Å². The molecule has 8 heteroatoms. The van der Waals surface area contributed by atoms with E-state index in [9.17, 15) is 14.9 Å². The first-order chi connectivity index (χ1) is 13.6. The van der Waals surface area contributed by atoms with E-state index in [1.165, 1.54) is 18.3 Å². The van der Waals surface area contributed by atoms with Crippen LogP contribution in [0.2, 0.25) is 0 Å². The number of fused-ring (bicyclic) bond motifs is 2. The van der Waals surface area contributed by atoms with Crippen molar-refractivity contribution >= 4 is 28.6 Å². The Labute approximate surface area is 159 Å². The maximum absolute atomic E-state index is 12.3. The summed E-state index contributed by atoms with van der Waals surface area (Å²) in [6, 6.07) is 17.6. The molecule has 0 aromatic heterocycles. The second-order valence-electron chi connectivity index (χ2n) is 6.11. The van der Waals surface area contributed by atoms with Crippen molar-refractivity contribution in [3.05, 3.63) is 76.3 Å². The Morgan fingerprint density at radius 2 is 1.79 bits per heavy atom. The Bertz CT molecular complexity index is 1100. The number of hydrogen-bond acceptors (Lipinski definition) is 6. The number of amides is 1. The van der Waals surface area contributed by atoms with Crippen LogP contribution in [0.25, 0.3) is 10.8 Å². The first-order valence-electron chi connectivity index (χ1n) is 8.50. The van der Waals surface area contributed by atoms with Crippen LogP contribution in [0.5, 0.6) is 11.5 Å². The molecule has 1 N–H and O–H groups in total. The Morgan fingerprint density at radius 1 is 1.11 bits per heavy atom. The Balaban J connectivity index is 1.45. The number of carbonyl (C=O) groups is 1. The van der Waals surface area contributed by atoms with Gasteiger partial charge in [-0.2, -0.15) is 5.10 Å². The highest BCUT2D eigenvalue weighted by Gasteiger charge is 2.27. The highest BCUT2D eigenvalue weighted by Crippen LogP contribution is 2.35. The molecule has 0 unspecified atom stereocenters. The molecule has 0 saturated heterocycles. The van der Waals surface area contributed by atoms with Crippen molar-refractivity contribution in [1.82, 2.24) is 5.43 Å². The zero-order chi connectivity index (χ0) is 19.5. The van der Waals surface area contributed by atoms with Gasteiger partial charge in [-0.15, -0.1) is 0 Å². The highest BCUT2D eigenvalue weighted by molar-refractivity contribution is 5.89. The molecule has 0 fully saturated rings. The molecule has 0 bridgehead atoms. The minimum atomic E-state index is -0.878. The predicted molar refractivity (Wildman–Crippen MR) is 103 cm³/mol. The van der Waals surface area contributed by atoms with Crippen LogP contribution in [0.1, 0.15) is 5.56 Å². The normalized spacial score (nSPS) is 15.5. The number of ether oxygens (including phenoxy) is 2. The number of rotatable bonds is 4. The number of carbonyl (C=O) groups excluding carboxylic acids is 1. The minimum Gasteiger partial charge on any atom is -0.485 e. The van der Waals surface area contributed by atoms with Crippen LogP contribution < -0.4 is 14.9 Å². The van der Waals surface area contributed by atoms with Crippen LogP contribution in [-0.4, -0.2) is 29.8 Å². The third-order valence-electron chi connectivity index (χ3n) is 4.28. The molecule has 1 amide bonds. The molecular formula is C20H15N3O5. The van der Waals surface area contributed by atoms with Gasteiger partial charge in [0, 0.05) is 6.07 Å². The SMILES string of the molecule is O=C(N/N=C/c1ccccc1[N+](=O)[O-])[C@@H]1COc2cc3ccccc3cc2O1. The third-order valence-corrected chi connectivity index (χ3v) is 4.28. The molecule has 0 aliphatic carbocycles. The van der Waals surface area contributed by atoms with Gasteiger partial charge in [0.05, 0.1) is 16.7 Å². The molecule has 0 saturated carbocycles. The Hall–Kier alpha value is -3.94. The van der Waals surface area contributed by atoms with Gasteiger partial charge in [-0.05, 0) is 29.0 Å². The van der Waals surface area contributed by atoms with E-state index in [0.717, 1.165) is 10.8 Å². The molecule has 28 heavy (non-hydrogen) atoms. The third kappa shape index (κ3) is 3.48. The van der Waals surface area contributed by atoms with E-state index in [4.69, 9.17) is 9.47 Å². The molecule has 3 aromatic rings. The van der Waals surface area contributed by atoms with E-state index in [-0.39, 0.29) is 17.9 Å². The smallest absolute Gasteiger partial charge is 0.284 e. The summed E-state index contributed by atoms with van der Waals surface area (Å²) in [4.78, 5) is 22.8. The van der Waals surface area contributed by atoms with Crippen LogP contribution in [0.3, 0.4) is 0 Å². The second kappa shape index (κ2) is 7.36. The lowest BCUT2D eigenvalue weighted by Crippen LogP contribution is -2.42. The van der Waals surface area contributed by atoms with Gasteiger partial charge in [0.25, 0.3) is 11.6 Å². The van der Waals surface area contributed by atoms with Gasteiger partial charge in [0.2, 0.25) is 6.10 Å². The summed E-state index contributed by atoms with van der Waals surface area (Å²) < 4.78 is 11.4. The first kappa shape index (κ1) is 17.5. The van der Waals surface area contributed by atoms with Gasteiger partial charge < -0.3 is 9.47 Å². The molecule has 1 atom stereocenters. The standard InChI is InChI=1S/C20H15N3O5/c24-20(22-21-11-15-7-3-4-8-16(15)23(25)26)19-12-27-17-9-13-5-1-2-6-14(13)10-18(17)28-19/h1-11,19H,12H2,(H,22,24)/b21-11+/t19-/m0/s1. The summed E-state index contributed by atoms with van der Waals surface area (Å²) >= 11 is 0. The molecule has 1 aliphatic heterocycles. The minimum absolute atomic E-state index is 0.0399. The maximum Gasteiger partial charge on any atom is 0.284 e. The lowest BCUT2D eigenvalue weighted by Gasteiger charge is -2.25. The van der Waals surface area contributed by atoms with Gasteiger partial charge in [0.15, 0.2) is 11.5 Å². The van der Waals surface area contributed by atoms with Gasteiger partial charge in [0.1, 0.15) is 6.61 Å². The number of nitro benzene ring substituents is 1. The van der Waals surface area contributed by atoms with E-state index >= 15 is 0 Å². The zero-order valence-electron chi connectivity index (χ0n) is 14.6. The predicted octanol–water partition coefficient (Wildman–Crippen LogP) is 3.04. The lowest BCUT2D eigenvalue weighted by molar-refractivity contribution is -0.385. The second-order valence-corrected chi connectivity index (χ2v) is 6.11. The Morgan fingerprint density at radius 3 is 2.54 bits per heavy atom. The Kier molecular flexibility index (Phi) is 4.59. The molecule has 4 rings (SSSR count). The fourth-order valence-electron chi connectivity index (χ4n) is 2.89. The molecule has 1 aliphatic rings. The van der Waals surface area contributed by atoms with E-state index in [0.29, 0.717) is 11.5 Å². The van der Waals surface area contributed by atoms with Crippen LogP contribution in [0.4, 0.5) is 5.69 Å². The number of benzene rings is 3. The summed E-state index contributed by atoms with van der Waals surface area (Å²) in [5.74, 6) is 0.549. The summed E-state index contributed by atoms with van der Waals surface area (Å²) in [5.41, 5.74) is 2.52. The van der Waals surface area contributed by atoms with E-state index < -0.39 is 16.9 Å². The van der Waals surface area contributed by atoms with Crippen molar-refractivity contribution < 1.29 is 19.2 Å². The number of nitro groups is 1. The van der Waals surface area contributed by atoms with E-state index in [1.807, 2.05) is 36.4 Å². The average Bonchev–Trinajstić information content (AvgIpc) is 2.72. The topological polar surface area (TPSA) is 103 Å². The lowest BCUT2D eigenvalue weighted by atomic mass is 10.1. The fraction of sp³-hybridized carbons (Fsp3) is 0.100. The van der Waals surface area contributed by atoms with Crippen molar-refractivity contribution in [3.63, 3.8) is 0 Å². The molecule has 1 heterocycles. The summed E-state index contributed by atoms with van der Waals surface area (Å²) in [5, 5.41) is 16.8. The number of hydrazone groups is 1. The summed E-state index contributed by atoms with van der Waals surface area (Å²) in [6.45, 7) is 0.0399. The van der Waals surface area contributed by atoms with Crippen molar-refractivity contribution in [2.75, 3.05) is 6.61 Å². The number of nitrogens with zero attached hydrogens (tertiary/aromatic N) is 2. The van der Waals surface area contributed by atoms with Crippen molar-refractivity contribution in [1.29, 1.82) is 0 Å². The molecule has 3 aromatic carbocycles. The average molecular weight is 377 g/mol. The summed E-state index contributed by atoms with van der Waals surface area (Å²) in [6.07, 6.45) is 0.345. The molecule has 140 valence electrons. The van der Waals surface area contributed by atoms with Crippen LogP contribution in [0, 0.1) is 10.1 Å². The maximum atomic E-state index is 12.3. The van der Waals surface area contributed by atoms with Crippen molar-refractivity contribution in [2.45, 2.75) is 6.10 Å². The number of nitrogens with one attached hydrogen (secondary N) is 1. The summed E-state index contributed by atoms with van der Waals surface area (Å²) in [7, 11) is 0.